The lowest BCUT2D eigenvalue weighted by Gasteiger charge is -2.48. The van der Waals surface area contributed by atoms with Crippen molar-refractivity contribution in [3.63, 3.8) is 0 Å². The lowest BCUT2D eigenvalue weighted by Crippen LogP contribution is -2.58. The monoisotopic (exact) mass is 347 g/mol. The average Bonchev–Trinajstić information content (AvgIpc) is 2.66. The van der Waals surface area contributed by atoms with Gasteiger partial charge in [0, 0.05) is 51.6 Å². The molecule has 8 heteroatoms. The van der Waals surface area contributed by atoms with E-state index in [4.69, 9.17) is 9.57 Å². The number of rotatable bonds is 4. The third-order valence-corrected chi connectivity index (χ3v) is 5.43. The highest BCUT2D eigenvalue weighted by molar-refractivity contribution is 5.92. The topological polar surface area (TPSA) is 88.6 Å². The first-order valence-corrected chi connectivity index (χ1v) is 9.09. The maximum Gasteiger partial charge on any atom is 0.278 e. The van der Waals surface area contributed by atoms with Crippen molar-refractivity contribution in [3.05, 3.63) is 18.0 Å². The molecule has 3 saturated heterocycles. The number of piperidine rings is 1. The lowest BCUT2D eigenvalue weighted by molar-refractivity contribution is -0.186. The maximum atomic E-state index is 12.1. The summed E-state index contributed by atoms with van der Waals surface area (Å²) in [4.78, 5) is 28.3. The van der Waals surface area contributed by atoms with Gasteiger partial charge < -0.3 is 15.0 Å². The number of amides is 1. The smallest absolute Gasteiger partial charge is 0.278 e. The van der Waals surface area contributed by atoms with Crippen molar-refractivity contribution in [2.45, 2.75) is 38.4 Å². The Kier molecular flexibility index (Phi) is 4.82. The molecular formula is C17H25N5O3. The fraction of sp³-hybridized carbons (Fsp3) is 0.706. The van der Waals surface area contributed by atoms with E-state index < -0.39 is 0 Å². The zero-order chi connectivity index (χ0) is 17.1. The van der Waals surface area contributed by atoms with Crippen LogP contribution in [-0.4, -0.2) is 55.0 Å². The molecule has 3 aliphatic heterocycles. The molecule has 0 radical (unpaired) electrons. The zero-order valence-corrected chi connectivity index (χ0v) is 14.4. The van der Waals surface area contributed by atoms with E-state index in [0.29, 0.717) is 23.5 Å². The van der Waals surface area contributed by atoms with Crippen LogP contribution >= 0.6 is 0 Å². The van der Waals surface area contributed by atoms with Gasteiger partial charge in [-0.3, -0.25) is 4.79 Å². The minimum Gasteiger partial charge on any atom is -0.350 e. The molecule has 1 spiro atoms. The van der Waals surface area contributed by atoms with Crippen LogP contribution in [0.15, 0.2) is 12.4 Å². The largest absolute Gasteiger partial charge is 0.350 e. The summed E-state index contributed by atoms with van der Waals surface area (Å²) in [5, 5.41) is 3.37. The Bertz CT molecular complexity index is 589. The molecule has 3 aliphatic rings. The molecule has 0 saturated carbocycles. The quantitative estimate of drug-likeness (QED) is 0.781. The third kappa shape index (κ3) is 3.75. The standard InChI is InChI=1S/C17H25N5O3/c23-15(21-25-14-3-1-2-8-24-14)13-9-19-16(20-10-13)22-6-4-17(5-7-22)11-18-12-17/h9-10,14,18H,1-8,11-12H2,(H,21,23). The molecule has 0 aromatic carbocycles. The molecule has 1 aromatic heterocycles. The second-order valence-electron chi connectivity index (χ2n) is 7.21. The number of hydrogen-bond acceptors (Lipinski definition) is 7. The molecule has 3 fully saturated rings. The molecule has 0 bridgehead atoms. The summed E-state index contributed by atoms with van der Waals surface area (Å²) >= 11 is 0. The van der Waals surface area contributed by atoms with E-state index in [1.807, 2.05) is 0 Å². The second kappa shape index (κ2) is 7.23. The van der Waals surface area contributed by atoms with E-state index in [0.717, 1.165) is 45.4 Å². The first-order valence-electron chi connectivity index (χ1n) is 9.09. The molecule has 4 rings (SSSR count). The van der Waals surface area contributed by atoms with Gasteiger partial charge in [-0.15, -0.1) is 0 Å². The number of hydroxylamine groups is 1. The van der Waals surface area contributed by atoms with E-state index in [1.165, 1.54) is 12.8 Å². The maximum absolute atomic E-state index is 12.1. The molecule has 2 N–H and O–H groups in total. The highest BCUT2D eigenvalue weighted by Crippen LogP contribution is 2.35. The second-order valence-corrected chi connectivity index (χ2v) is 7.21. The van der Waals surface area contributed by atoms with E-state index in [9.17, 15) is 4.79 Å². The third-order valence-electron chi connectivity index (χ3n) is 5.43. The van der Waals surface area contributed by atoms with Gasteiger partial charge in [0.15, 0.2) is 6.29 Å². The Morgan fingerprint density at radius 1 is 1.28 bits per heavy atom. The minimum atomic E-state index is -0.362. The molecular weight excluding hydrogens is 322 g/mol. The van der Waals surface area contributed by atoms with Gasteiger partial charge in [-0.2, -0.15) is 0 Å². The van der Waals surface area contributed by atoms with Crippen molar-refractivity contribution in [1.29, 1.82) is 0 Å². The van der Waals surface area contributed by atoms with Crippen molar-refractivity contribution >= 4 is 11.9 Å². The summed E-state index contributed by atoms with van der Waals surface area (Å²) in [7, 11) is 0. The Hall–Kier alpha value is -1.77. The van der Waals surface area contributed by atoms with Gasteiger partial charge in [0.2, 0.25) is 5.95 Å². The van der Waals surface area contributed by atoms with Gasteiger partial charge >= 0.3 is 0 Å². The number of hydrogen-bond donors (Lipinski definition) is 2. The first-order chi connectivity index (χ1) is 12.2. The van der Waals surface area contributed by atoms with Crippen molar-refractivity contribution in [2.24, 2.45) is 5.41 Å². The number of carbonyl (C=O) groups is 1. The Morgan fingerprint density at radius 2 is 2.04 bits per heavy atom. The molecule has 136 valence electrons. The van der Waals surface area contributed by atoms with E-state index >= 15 is 0 Å². The Balaban J connectivity index is 1.28. The SMILES string of the molecule is O=C(NOC1CCCCO1)c1cnc(N2CCC3(CC2)CNC3)nc1. The van der Waals surface area contributed by atoms with Gasteiger partial charge in [0.05, 0.1) is 5.56 Å². The van der Waals surface area contributed by atoms with Gasteiger partial charge in [-0.05, 0) is 31.1 Å². The van der Waals surface area contributed by atoms with Crippen LogP contribution in [0.2, 0.25) is 0 Å². The predicted octanol–water partition coefficient (Wildman–Crippen LogP) is 0.854. The van der Waals surface area contributed by atoms with Crippen molar-refractivity contribution in [1.82, 2.24) is 20.8 Å². The Morgan fingerprint density at radius 3 is 2.64 bits per heavy atom. The summed E-state index contributed by atoms with van der Waals surface area (Å²) < 4.78 is 5.41. The summed E-state index contributed by atoms with van der Waals surface area (Å²) in [6, 6.07) is 0. The fourth-order valence-corrected chi connectivity index (χ4v) is 3.60. The van der Waals surface area contributed by atoms with Gasteiger partial charge in [0.1, 0.15) is 0 Å². The Labute approximate surface area is 147 Å². The van der Waals surface area contributed by atoms with Gasteiger partial charge in [-0.1, -0.05) is 0 Å². The van der Waals surface area contributed by atoms with Crippen molar-refractivity contribution in [2.75, 3.05) is 37.7 Å². The van der Waals surface area contributed by atoms with Crippen LogP contribution in [0.4, 0.5) is 5.95 Å². The number of nitrogens with one attached hydrogen (secondary N) is 2. The summed E-state index contributed by atoms with van der Waals surface area (Å²) in [6.45, 7) is 4.87. The molecule has 1 unspecified atom stereocenters. The molecule has 8 nitrogen and oxygen atoms in total. The van der Waals surface area contributed by atoms with Gasteiger partial charge in [0.25, 0.3) is 5.91 Å². The average molecular weight is 347 g/mol. The zero-order valence-electron chi connectivity index (χ0n) is 14.4. The van der Waals surface area contributed by atoms with E-state index in [1.54, 1.807) is 12.4 Å². The van der Waals surface area contributed by atoms with E-state index in [-0.39, 0.29) is 12.2 Å². The van der Waals surface area contributed by atoms with Gasteiger partial charge in [-0.25, -0.2) is 20.3 Å². The van der Waals surface area contributed by atoms with Crippen LogP contribution in [-0.2, 0) is 9.57 Å². The molecule has 1 amide bonds. The summed E-state index contributed by atoms with van der Waals surface area (Å²) in [6.07, 6.45) is 7.96. The van der Waals surface area contributed by atoms with Crippen LogP contribution in [0.3, 0.4) is 0 Å². The van der Waals surface area contributed by atoms with Crippen molar-refractivity contribution in [3.8, 4) is 0 Å². The molecule has 25 heavy (non-hydrogen) atoms. The highest BCUT2D eigenvalue weighted by atomic mass is 16.8. The lowest BCUT2D eigenvalue weighted by atomic mass is 9.73. The van der Waals surface area contributed by atoms with Crippen LogP contribution < -0.4 is 15.7 Å². The fourth-order valence-electron chi connectivity index (χ4n) is 3.60. The molecule has 1 atom stereocenters. The summed E-state index contributed by atoms with van der Waals surface area (Å²) in [5.74, 6) is 0.342. The number of carbonyl (C=O) groups excluding carboxylic acids is 1. The number of nitrogens with zero attached hydrogens (tertiary/aromatic N) is 3. The van der Waals surface area contributed by atoms with Crippen molar-refractivity contribution < 1.29 is 14.4 Å². The van der Waals surface area contributed by atoms with Crippen LogP contribution in [0, 0.1) is 5.41 Å². The normalized spacial score (nSPS) is 25.4. The number of anilines is 1. The minimum absolute atomic E-state index is 0.348. The van der Waals surface area contributed by atoms with E-state index in [2.05, 4.69) is 25.7 Å². The van der Waals surface area contributed by atoms with Crippen LogP contribution in [0.25, 0.3) is 0 Å². The highest BCUT2D eigenvalue weighted by Gasteiger charge is 2.40. The van der Waals surface area contributed by atoms with Crippen LogP contribution in [0.5, 0.6) is 0 Å². The molecule has 0 aliphatic carbocycles. The predicted molar refractivity (Wildman–Crippen MR) is 90.9 cm³/mol. The molecule has 4 heterocycles. The van der Waals surface area contributed by atoms with Crippen LogP contribution in [0.1, 0.15) is 42.5 Å². The molecule has 1 aromatic rings. The first kappa shape index (κ1) is 16.7. The number of ether oxygens (including phenoxy) is 1. The number of aromatic nitrogens is 2. The summed E-state index contributed by atoms with van der Waals surface area (Å²) in [5.41, 5.74) is 3.31.